The third kappa shape index (κ3) is 1.88. The predicted octanol–water partition coefficient (Wildman–Crippen LogP) is 2.86. The highest BCUT2D eigenvalue weighted by Crippen LogP contribution is 2.21. The molecule has 1 unspecified atom stereocenters. The van der Waals surface area contributed by atoms with Crippen molar-refractivity contribution >= 4 is 23.2 Å². The van der Waals surface area contributed by atoms with Gasteiger partial charge in [0.1, 0.15) is 5.15 Å². The number of alkyl halides is 1. The van der Waals surface area contributed by atoms with E-state index in [4.69, 9.17) is 23.2 Å². The van der Waals surface area contributed by atoms with Gasteiger partial charge in [-0.15, -0.1) is 11.6 Å². The first kappa shape index (κ1) is 8.88. The van der Waals surface area contributed by atoms with Crippen LogP contribution >= 0.6 is 23.2 Å². The van der Waals surface area contributed by atoms with Crippen molar-refractivity contribution < 1.29 is 0 Å². The van der Waals surface area contributed by atoms with Gasteiger partial charge in [0.2, 0.25) is 0 Å². The van der Waals surface area contributed by atoms with Gasteiger partial charge in [-0.2, -0.15) is 5.10 Å². The van der Waals surface area contributed by atoms with Gasteiger partial charge in [0, 0.05) is 6.54 Å². The first-order valence-corrected chi connectivity index (χ1v) is 4.34. The maximum atomic E-state index is 5.83. The Labute approximate surface area is 76.1 Å². The van der Waals surface area contributed by atoms with E-state index < -0.39 is 0 Å². The maximum absolute atomic E-state index is 5.83. The summed E-state index contributed by atoms with van der Waals surface area (Å²) in [7, 11) is 0. The lowest BCUT2D eigenvalue weighted by atomic mass is 10.3. The zero-order valence-corrected chi connectivity index (χ0v) is 8.02. The Balaban J connectivity index is 2.95. The zero-order chi connectivity index (χ0) is 8.43. The first-order chi connectivity index (χ1) is 5.15. The van der Waals surface area contributed by atoms with E-state index in [9.17, 15) is 0 Å². The van der Waals surface area contributed by atoms with E-state index in [2.05, 4.69) is 5.10 Å². The van der Waals surface area contributed by atoms with E-state index in [-0.39, 0.29) is 5.38 Å². The Kier molecular flexibility index (Phi) is 2.79. The van der Waals surface area contributed by atoms with Crippen molar-refractivity contribution in [3.63, 3.8) is 0 Å². The van der Waals surface area contributed by atoms with Crippen molar-refractivity contribution in [1.29, 1.82) is 0 Å². The summed E-state index contributed by atoms with van der Waals surface area (Å²) in [6, 6.07) is 1.79. The van der Waals surface area contributed by atoms with Crippen LogP contribution in [-0.2, 0) is 6.54 Å². The molecule has 1 heterocycles. The lowest BCUT2D eigenvalue weighted by molar-refractivity contribution is 0.647. The molecule has 1 rings (SSSR count). The monoisotopic (exact) mass is 192 g/mol. The minimum Gasteiger partial charge on any atom is -0.254 e. The average molecular weight is 193 g/mol. The highest BCUT2D eigenvalue weighted by Gasteiger charge is 2.08. The number of halogens is 2. The molecule has 0 aromatic carbocycles. The molecule has 62 valence electrons. The molecule has 0 saturated heterocycles. The quantitative estimate of drug-likeness (QED) is 0.660. The summed E-state index contributed by atoms with van der Waals surface area (Å²) in [6.07, 6.45) is 0. The van der Waals surface area contributed by atoms with E-state index in [0.29, 0.717) is 5.15 Å². The van der Waals surface area contributed by atoms with Crippen LogP contribution < -0.4 is 0 Å². The minimum absolute atomic E-state index is 0.0692. The lowest BCUT2D eigenvalue weighted by Gasteiger charge is -1.96. The number of aryl methyl sites for hydroxylation is 1. The van der Waals surface area contributed by atoms with Crippen LogP contribution in [0.3, 0.4) is 0 Å². The average Bonchev–Trinajstić information content (AvgIpc) is 2.31. The third-order valence-corrected chi connectivity index (χ3v) is 1.98. The number of aromatic nitrogens is 2. The van der Waals surface area contributed by atoms with Gasteiger partial charge in [-0.25, -0.2) is 0 Å². The maximum Gasteiger partial charge on any atom is 0.127 e. The second kappa shape index (κ2) is 3.46. The van der Waals surface area contributed by atoms with Crippen LogP contribution in [-0.4, -0.2) is 9.78 Å². The largest absolute Gasteiger partial charge is 0.254 e. The van der Waals surface area contributed by atoms with Crippen molar-refractivity contribution in [3.8, 4) is 0 Å². The van der Waals surface area contributed by atoms with Crippen molar-refractivity contribution in [1.82, 2.24) is 9.78 Å². The Bertz CT molecular complexity index is 243. The Morgan fingerprint density at radius 1 is 1.73 bits per heavy atom. The summed E-state index contributed by atoms with van der Waals surface area (Å²) in [5.74, 6) is 0. The standard InChI is InChI=1S/C7H10Cl2N2/c1-3-11-7(9)4-6(10-11)5(2)8/h4-5H,3H2,1-2H3. The number of hydrogen-bond acceptors (Lipinski definition) is 1. The van der Waals surface area contributed by atoms with Crippen LogP contribution in [0.4, 0.5) is 0 Å². The Morgan fingerprint density at radius 2 is 2.36 bits per heavy atom. The molecule has 0 radical (unpaired) electrons. The van der Waals surface area contributed by atoms with Gasteiger partial charge in [-0.3, -0.25) is 4.68 Å². The van der Waals surface area contributed by atoms with Crippen molar-refractivity contribution in [2.24, 2.45) is 0 Å². The molecule has 1 atom stereocenters. The molecule has 2 nitrogen and oxygen atoms in total. The fourth-order valence-electron chi connectivity index (χ4n) is 0.829. The topological polar surface area (TPSA) is 17.8 Å². The molecule has 0 aliphatic rings. The minimum atomic E-state index is -0.0692. The van der Waals surface area contributed by atoms with E-state index in [0.717, 1.165) is 12.2 Å². The summed E-state index contributed by atoms with van der Waals surface area (Å²) < 4.78 is 1.72. The van der Waals surface area contributed by atoms with Gasteiger partial charge >= 0.3 is 0 Å². The van der Waals surface area contributed by atoms with Crippen molar-refractivity contribution in [2.75, 3.05) is 0 Å². The summed E-state index contributed by atoms with van der Waals surface area (Å²) >= 11 is 11.6. The SMILES string of the molecule is CCn1nc(C(C)Cl)cc1Cl. The Hall–Kier alpha value is -0.210. The molecule has 0 spiro atoms. The first-order valence-electron chi connectivity index (χ1n) is 3.52. The fourth-order valence-corrected chi connectivity index (χ4v) is 1.20. The molecule has 0 N–H and O–H groups in total. The van der Waals surface area contributed by atoms with Gasteiger partial charge in [-0.05, 0) is 19.9 Å². The summed E-state index contributed by atoms with van der Waals surface area (Å²) in [6.45, 7) is 4.64. The van der Waals surface area contributed by atoms with Gasteiger partial charge in [0.15, 0.2) is 0 Å². The molecule has 0 saturated carbocycles. The van der Waals surface area contributed by atoms with E-state index >= 15 is 0 Å². The molecule has 1 aromatic heterocycles. The number of hydrogen-bond donors (Lipinski definition) is 0. The molecule has 0 amide bonds. The van der Waals surface area contributed by atoms with Crippen LogP contribution in [0.5, 0.6) is 0 Å². The molecule has 0 aliphatic heterocycles. The molecule has 0 aliphatic carbocycles. The predicted molar refractivity (Wildman–Crippen MR) is 47.2 cm³/mol. The van der Waals surface area contributed by atoms with E-state index in [1.165, 1.54) is 0 Å². The normalized spacial score (nSPS) is 13.5. The van der Waals surface area contributed by atoms with Gasteiger partial charge < -0.3 is 0 Å². The fraction of sp³-hybridized carbons (Fsp3) is 0.571. The molecular formula is C7H10Cl2N2. The van der Waals surface area contributed by atoms with E-state index in [1.807, 2.05) is 13.8 Å². The summed E-state index contributed by atoms with van der Waals surface area (Å²) in [5, 5.41) is 4.76. The zero-order valence-electron chi connectivity index (χ0n) is 6.51. The second-order valence-corrected chi connectivity index (χ2v) is 3.37. The third-order valence-electron chi connectivity index (χ3n) is 1.46. The highest BCUT2D eigenvalue weighted by atomic mass is 35.5. The summed E-state index contributed by atoms with van der Waals surface area (Å²) in [4.78, 5) is 0. The summed E-state index contributed by atoms with van der Waals surface area (Å²) in [5.41, 5.74) is 0.832. The molecular weight excluding hydrogens is 183 g/mol. The molecule has 1 aromatic rings. The van der Waals surface area contributed by atoms with Gasteiger partial charge in [0.25, 0.3) is 0 Å². The molecule has 11 heavy (non-hydrogen) atoms. The van der Waals surface area contributed by atoms with Crippen LogP contribution in [0.15, 0.2) is 6.07 Å². The van der Waals surface area contributed by atoms with Gasteiger partial charge in [0.05, 0.1) is 11.1 Å². The Morgan fingerprint density at radius 3 is 2.64 bits per heavy atom. The molecule has 4 heteroatoms. The van der Waals surface area contributed by atoms with Crippen molar-refractivity contribution in [3.05, 3.63) is 16.9 Å². The van der Waals surface area contributed by atoms with Crippen LogP contribution in [0, 0.1) is 0 Å². The van der Waals surface area contributed by atoms with Crippen LogP contribution in [0.25, 0.3) is 0 Å². The number of nitrogens with zero attached hydrogens (tertiary/aromatic N) is 2. The smallest absolute Gasteiger partial charge is 0.127 e. The van der Waals surface area contributed by atoms with Crippen LogP contribution in [0.2, 0.25) is 5.15 Å². The van der Waals surface area contributed by atoms with Gasteiger partial charge in [-0.1, -0.05) is 11.6 Å². The van der Waals surface area contributed by atoms with Crippen molar-refractivity contribution in [2.45, 2.75) is 25.8 Å². The molecule has 0 bridgehead atoms. The molecule has 0 fully saturated rings. The van der Waals surface area contributed by atoms with Crippen LogP contribution in [0.1, 0.15) is 24.9 Å². The highest BCUT2D eigenvalue weighted by molar-refractivity contribution is 6.29. The lowest BCUT2D eigenvalue weighted by Crippen LogP contribution is -1.97. The second-order valence-electron chi connectivity index (χ2n) is 2.32. The van der Waals surface area contributed by atoms with E-state index in [1.54, 1.807) is 10.7 Å². The number of rotatable bonds is 2.